The van der Waals surface area contributed by atoms with Gasteiger partial charge in [-0.1, -0.05) is 32.9 Å². The lowest BCUT2D eigenvalue weighted by Crippen LogP contribution is -2.47. The Morgan fingerprint density at radius 2 is 1.73 bits per heavy atom. The molecule has 37 heavy (non-hydrogen) atoms. The van der Waals surface area contributed by atoms with Crippen molar-refractivity contribution in [1.29, 1.82) is 5.41 Å². The van der Waals surface area contributed by atoms with Crippen molar-refractivity contribution in [3.05, 3.63) is 53.1 Å². The molecular formula is C28H42N6O3. The smallest absolute Gasteiger partial charge is 0.286 e. The highest BCUT2D eigenvalue weighted by molar-refractivity contribution is 6.41. The molecule has 1 unspecified atom stereocenters. The van der Waals surface area contributed by atoms with Gasteiger partial charge >= 0.3 is 0 Å². The van der Waals surface area contributed by atoms with E-state index in [2.05, 4.69) is 22.0 Å². The van der Waals surface area contributed by atoms with E-state index in [1.807, 2.05) is 38.1 Å². The lowest BCUT2D eigenvalue weighted by atomic mass is 9.97. The number of aromatic hydroxyl groups is 1. The zero-order chi connectivity index (χ0) is 27.1. The summed E-state index contributed by atoms with van der Waals surface area (Å²) in [5.74, 6) is -0.188. The van der Waals surface area contributed by atoms with Crippen LogP contribution in [-0.2, 0) is 11.3 Å². The summed E-state index contributed by atoms with van der Waals surface area (Å²) in [4.78, 5) is 19.1. The van der Waals surface area contributed by atoms with Crippen molar-refractivity contribution < 1.29 is 14.6 Å². The Labute approximate surface area is 220 Å². The molecule has 2 aromatic carbocycles. The maximum Gasteiger partial charge on any atom is 0.286 e. The normalized spacial score (nSPS) is 15.4. The molecule has 3 rings (SSSR count). The van der Waals surface area contributed by atoms with Gasteiger partial charge in [0, 0.05) is 56.6 Å². The van der Waals surface area contributed by atoms with E-state index in [9.17, 15) is 9.90 Å². The van der Waals surface area contributed by atoms with Crippen molar-refractivity contribution >= 4 is 17.4 Å². The Morgan fingerprint density at radius 1 is 1.11 bits per heavy atom. The highest BCUT2D eigenvalue weighted by atomic mass is 16.5. The molecule has 1 saturated heterocycles. The topological polar surface area (TPSA) is 118 Å². The SMILES string of the molecule is CCNC(=O)C(=N)N(c1ccc(CN2CCN(CC)CC2)cc1)C(N)c1cc(C(C)C)c(OC)cc1O. The number of phenols is 1. The fraction of sp³-hybridized carbons (Fsp3) is 0.500. The molecular weight excluding hydrogens is 468 g/mol. The van der Waals surface area contributed by atoms with Crippen molar-refractivity contribution in [3.63, 3.8) is 0 Å². The van der Waals surface area contributed by atoms with E-state index in [-0.39, 0.29) is 17.5 Å². The minimum absolute atomic E-state index is 0.0507. The number of nitrogens with zero attached hydrogens (tertiary/aromatic N) is 3. The quantitative estimate of drug-likeness (QED) is 0.232. The highest BCUT2D eigenvalue weighted by Crippen LogP contribution is 2.37. The van der Waals surface area contributed by atoms with E-state index in [4.69, 9.17) is 15.9 Å². The number of nitrogens with one attached hydrogen (secondary N) is 2. The number of hydrogen-bond donors (Lipinski definition) is 4. The molecule has 1 atom stereocenters. The number of hydrogen-bond acceptors (Lipinski definition) is 7. The summed E-state index contributed by atoms with van der Waals surface area (Å²) in [6.45, 7) is 14.6. The average molecular weight is 511 g/mol. The van der Waals surface area contributed by atoms with Crippen LogP contribution in [0.5, 0.6) is 11.5 Å². The second kappa shape index (κ2) is 12.9. The molecule has 0 radical (unpaired) electrons. The van der Waals surface area contributed by atoms with Gasteiger partial charge in [-0.25, -0.2) is 0 Å². The Hall–Kier alpha value is -3.14. The van der Waals surface area contributed by atoms with E-state index < -0.39 is 12.1 Å². The fourth-order valence-corrected chi connectivity index (χ4v) is 4.67. The van der Waals surface area contributed by atoms with Gasteiger partial charge in [-0.2, -0.15) is 0 Å². The molecule has 9 nitrogen and oxygen atoms in total. The molecule has 1 heterocycles. The van der Waals surface area contributed by atoms with Crippen LogP contribution in [-0.4, -0.2) is 73.0 Å². The van der Waals surface area contributed by atoms with Gasteiger partial charge in [0.15, 0.2) is 5.84 Å². The minimum atomic E-state index is -0.966. The van der Waals surface area contributed by atoms with E-state index in [0.717, 1.165) is 50.4 Å². The van der Waals surface area contributed by atoms with Gasteiger partial charge in [0.05, 0.1) is 7.11 Å². The Kier molecular flexibility index (Phi) is 9.91. The number of ether oxygens (including phenoxy) is 1. The van der Waals surface area contributed by atoms with Crippen LogP contribution in [0.1, 0.15) is 56.5 Å². The molecule has 5 N–H and O–H groups in total. The van der Waals surface area contributed by atoms with Crippen LogP contribution in [0.25, 0.3) is 0 Å². The standard InChI is InChI=1S/C28H42N6O3/c1-6-31-28(36)27(30)34(26(29)23-16-22(19(3)4)25(37-5)17-24(23)35)21-10-8-20(9-11-21)18-33-14-12-32(7-2)13-15-33/h8-11,16-17,19,26,30,35H,6-7,12-15,18,29H2,1-5H3,(H,31,36). The molecule has 0 aliphatic carbocycles. The molecule has 1 aliphatic heterocycles. The number of rotatable bonds is 9. The molecule has 9 heteroatoms. The van der Waals surface area contributed by atoms with E-state index in [1.54, 1.807) is 26.2 Å². The molecule has 1 fully saturated rings. The zero-order valence-electron chi connectivity index (χ0n) is 22.8. The summed E-state index contributed by atoms with van der Waals surface area (Å²) < 4.78 is 5.45. The van der Waals surface area contributed by atoms with E-state index in [0.29, 0.717) is 23.5 Å². The molecule has 1 amide bonds. The van der Waals surface area contributed by atoms with Crippen LogP contribution < -0.4 is 20.7 Å². The summed E-state index contributed by atoms with van der Waals surface area (Å²) in [5.41, 5.74) is 9.72. The van der Waals surface area contributed by atoms with Crippen molar-refractivity contribution in [2.75, 3.05) is 51.3 Å². The minimum Gasteiger partial charge on any atom is -0.507 e. The first-order valence-electron chi connectivity index (χ1n) is 13.1. The number of methoxy groups -OCH3 is 1. The number of amides is 1. The summed E-state index contributed by atoms with van der Waals surface area (Å²) in [5, 5.41) is 22.2. The predicted octanol–water partition coefficient (Wildman–Crippen LogP) is 3.24. The summed E-state index contributed by atoms with van der Waals surface area (Å²) in [6.07, 6.45) is -0.966. The van der Waals surface area contributed by atoms with Crippen LogP contribution in [0.15, 0.2) is 36.4 Å². The maximum atomic E-state index is 12.7. The average Bonchev–Trinajstić information content (AvgIpc) is 2.89. The Morgan fingerprint density at radius 3 is 2.27 bits per heavy atom. The summed E-state index contributed by atoms with van der Waals surface area (Å²) in [6, 6.07) is 11.1. The van der Waals surface area contributed by atoms with Crippen LogP contribution >= 0.6 is 0 Å². The van der Waals surface area contributed by atoms with Crippen molar-refractivity contribution in [2.24, 2.45) is 5.73 Å². The highest BCUT2D eigenvalue weighted by Gasteiger charge is 2.29. The molecule has 0 spiro atoms. The first-order chi connectivity index (χ1) is 17.7. The second-order valence-electron chi connectivity index (χ2n) is 9.71. The fourth-order valence-electron chi connectivity index (χ4n) is 4.67. The molecule has 202 valence electrons. The van der Waals surface area contributed by atoms with Gasteiger partial charge < -0.3 is 30.7 Å². The van der Waals surface area contributed by atoms with Crippen molar-refractivity contribution in [3.8, 4) is 11.5 Å². The number of anilines is 1. The van der Waals surface area contributed by atoms with Gasteiger partial charge in [0.25, 0.3) is 5.91 Å². The number of carbonyl (C=O) groups excluding carboxylic acids is 1. The van der Waals surface area contributed by atoms with E-state index in [1.165, 1.54) is 4.90 Å². The number of nitrogens with two attached hydrogens (primary N) is 1. The monoisotopic (exact) mass is 510 g/mol. The first kappa shape index (κ1) is 28.4. The number of phenolic OH excluding ortho intramolecular Hbond substituents is 1. The largest absolute Gasteiger partial charge is 0.507 e. The molecule has 1 aliphatic rings. The number of likely N-dealkylation sites (N-methyl/N-ethyl adjacent to an activating group) is 2. The maximum absolute atomic E-state index is 12.7. The number of amidine groups is 1. The Bertz CT molecular complexity index is 1060. The number of carbonyl (C=O) groups is 1. The lowest BCUT2D eigenvalue weighted by molar-refractivity contribution is -0.114. The van der Waals surface area contributed by atoms with Crippen LogP contribution in [0.4, 0.5) is 5.69 Å². The summed E-state index contributed by atoms with van der Waals surface area (Å²) >= 11 is 0. The lowest BCUT2D eigenvalue weighted by Gasteiger charge is -2.34. The van der Waals surface area contributed by atoms with E-state index >= 15 is 0 Å². The van der Waals surface area contributed by atoms with Gasteiger partial charge in [-0.3, -0.25) is 15.1 Å². The molecule has 0 aromatic heterocycles. The number of piperazine rings is 1. The third-order valence-corrected chi connectivity index (χ3v) is 6.92. The predicted molar refractivity (Wildman–Crippen MR) is 148 cm³/mol. The van der Waals surface area contributed by atoms with Crippen LogP contribution in [0.3, 0.4) is 0 Å². The molecule has 0 saturated carbocycles. The van der Waals surface area contributed by atoms with Gasteiger partial charge in [-0.05, 0) is 48.7 Å². The third kappa shape index (κ3) is 6.80. The zero-order valence-corrected chi connectivity index (χ0v) is 22.8. The second-order valence-corrected chi connectivity index (χ2v) is 9.71. The van der Waals surface area contributed by atoms with Crippen molar-refractivity contribution in [1.82, 2.24) is 15.1 Å². The molecule has 2 aromatic rings. The van der Waals surface area contributed by atoms with Crippen LogP contribution in [0, 0.1) is 5.41 Å². The van der Waals surface area contributed by atoms with Gasteiger partial charge in [-0.15, -0.1) is 0 Å². The Balaban J connectivity index is 1.91. The van der Waals surface area contributed by atoms with Gasteiger partial charge in [0.1, 0.15) is 17.7 Å². The molecule has 0 bridgehead atoms. The summed E-state index contributed by atoms with van der Waals surface area (Å²) in [7, 11) is 1.56. The van der Waals surface area contributed by atoms with Gasteiger partial charge in [0.2, 0.25) is 0 Å². The van der Waals surface area contributed by atoms with Crippen LogP contribution in [0.2, 0.25) is 0 Å². The first-order valence-corrected chi connectivity index (χ1v) is 13.1. The van der Waals surface area contributed by atoms with Crippen molar-refractivity contribution in [2.45, 2.75) is 46.3 Å². The number of benzene rings is 2. The third-order valence-electron chi connectivity index (χ3n) is 6.92.